The molecule has 2 aliphatic rings. The van der Waals surface area contributed by atoms with E-state index in [1.54, 1.807) is 0 Å². The topological polar surface area (TPSA) is 148 Å². The number of carbonyl (C=O) groups is 2. The number of fused-ring (bicyclic) bond motifs is 1. The van der Waals surface area contributed by atoms with Gasteiger partial charge >= 0.3 is 12.1 Å². The van der Waals surface area contributed by atoms with E-state index in [0.717, 1.165) is 12.1 Å². The first kappa shape index (κ1) is 22.9. The molecule has 0 aliphatic carbocycles. The normalized spacial score (nSPS) is 17.0. The van der Waals surface area contributed by atoms with E-state index in [4.69, 9.17) is 4.74 Å². The van der Waals surface area contributed by atoms with E-state index in [0.29, 0.717) is 0 Å². The molecule has 1 amide bonds. The first-order valence-electron chi connectivity index (χ1n) is 8.67. The molecule has 0 saturated heterocycles. The van der Waals surface area contributed by atoms with Gasteiger partial charge in [0.1, 0.15) is 5.84 Å². The summed E-state index contributed by atoms with van der Waals surface area (Å²) in [6, 6.07) is 1.78. The van der Waals surface area contributed by atoms with Gasteiger partial charge in [-0.25, -0.2) is 13.2 Å². The summed E-state index contributed by atoms with van der Waals surface area (Å²) >= 11 is 0. The SMILES string of the molecule is O=C(COC(=O)C1=CN2CCS(=O)(=O)N=C2C=C1)Nc1ccc([N+](=O)[O-])cc1C(F)(F)F. The molecule has 0 atom stereocenters. The second-order valence-electron chi connectivity index (χ2n) is 6.46. The highest BCUT2D eigenvalue weighted by atomic mass is 32.2. The number of nitrogens with zero attached hydrogens (tertiary/aromatic N) is 3. The second kappa shape index (κ2) is 8.41. The molecule has 11 nitrogen and oxygen atoms in total. The Morgan fingerprint density at radius 2 is 2.00 bits per heavy atom. The van der Waals surface area contributed by atoms with E-state index >= 15 is 0 Å². The summed E-state index contributed by atoms with van der Waals surface area (Å²) < 4.78 is 70.7. The number of halogens is 3. The lowest BCUT2D eigenvalue weighted by Crippen LogP contribution is -2.37. The lowest BCUT2D eigenvalue weighted by atomic mass is 10.1. The monoisotopic (exact) mass is 474 g/mol. The van der Waals surface area contributed by atoms with Gasteiger partial charge in [0.15, 0.2) is 6.61 Å². The quantitative estimate of drug-likeness (QED) is 0.384. The van der Waals surface area contributed by atoms with Crippen molar-refractivity contribution in [3.05, 3.63) is 57.8 Å². The van der Waals surface area contributed by atoms with E-state index in [1.165, 1.54) is 23.3 Å². The summed E-state index contributed by atoms with van der Waals surface area (Å²) in [6.07, 6.45) is -1.23. The smallest absolute Gasteiger partial charge is 0.418 e. The zero-order valence-electron chi connectivity index (χ0n) is 15.8. The highest BCUT2D eigenvalue weighted by molar-refractivity contribution is 7.90. The third-order valence-corrected chi connectivity index (χ3v) is 5.35. The summed E-state index contributed by atoms with van der Waals surface area (Å²) in [6.45, 7) is -0.892. The number of amidine groups is 1. The predicted molar refractivity (Wildman–Crippen MR) is 103 cm³/mol. The van der Waals surface area contributed by atoms with Crippen LogP contribution in [-0.4, -0.2) is 54.9 Å². The van der Waals surface area contributed by atoms with Crippen LogP contribution in [0.5, 0.6) is 0 Å². The summed E-state index contributed by atoms with van der Waals surface area (Å²) in [5.74, 6) is -2.25. The molecule has 0 saturated carbocycles. The molecule has 0 bridgehead atoms. The molecule has 170 valence electrons. The van der Waals surface area contributed by atoms with Gasteiger partial charge < -0.3 is 15.0 Å². The maximum Gasteiger partial charge on any atom is 0.418 e. The Balaban J connectivity index is 1.65. The van der Waals surface area contributed by atoms with Crippen molar-refractivity contribution in [2.45, 2.75) is 6.18 Å². The number of rotatable bonds is 5. The van der Waals surface area contributed by atoms with Crippen LogP contribution < -0.4 is 5.32 Å². The number of nitro benzene ring substituents is 1. The van der Waals surface area contributed by atoms with Crippen LogP contribution in [0.3, 0.4) is 0 Å². The molecule has 1 aromatic carbocycles. The van der Waals surface area contributed by atoms with Crippen molar-refractivity contribution in [3.8, 4) is 0 Å². The first-order chi connectivity index (χ1) is 14.9. The Morgan fingerprint density at radius 3 is 2.66 bits per heavy atom. The number of sulfonamides is 1. The van der Waals surface area contributed by atoms with Crippen LogP contribution in [0.4, 0.5) is 24.5 Å². The van der Waals surface area contributed by atoms with Gasteiger partial charge in [0.25, 0.3) is 21.6 Å². The van der Waals surface area contributed by atoms with Crippen LogP contribution in [-0.2, 0) is 30.5 Å². The molecule has 0 spiro atoms. The molecule has 0 fully saturated rings. The van der Waals surface area contributed by atoms with Crippen LogP contribution in [0.25, 0.3) is 0 Å². The van der Waals surface area contributed by atoms with Crippen molar-refractivity contribution in [1.29, 1.82) is 0 Å². The molecule has 32 heavy (non-hydrogen) atoms. The number of hydrogen-bond donors (Lipinski definition) is 1. The Hall–Kier alpha value is -3.75. The largest absolute Gasteiger partial charge is 0.452 e. The molecule has 3 rings (SSSR count). The third-order valence-electron chi connectivity index (χ3n) is 4.19. The van der Waals surface area contributed by atoms with E-state index < -0.39 is 56.5 Å². The van der Waals surface area contributed by atoms with Crippen LogP contribution in [0.1, 0.15) is 5.56 Å². The molecule has 0 unspecified atom stereocenters. The molecule has 1 aromatic rings. The number of amides is 1. The number of nitrogens with one attached hydrogen (secondary N) is 1. The van der Waals surface area contributed by atoms with E-state index in [2.05, 4.69) is 4.40 Å². The lowest BCUT2D eigenvalue weighted by Gasteiger charge is -2.26. The lowest BCUT2D eigenvalue weighted by molar-refractivity contribution is -0.385. The number of hydrogen-bond acceptors (Lipinski definition) is 8. The minimum absolute atomic E-state index is 0.0395. The minimum Gasteiger partial charge on any atom is -0.452 e. The van der Waals surface area contributed by atoms with Gasteiger partial charge in [0.05, 0.1) is 27.5 Å². The van der Waals surface area contributed by atoms with Gasteiger partial charge in [-0.05, 0) is 18.2 Å². The molecule has 15 heteroatoms. The second-order valence-corrected chi connectivity index (χ2v) is 8.21. The van der Waals surface area contributed by atoms with Crippen molar-refractivity contribution >= 4 is 39.1 Å². The van der Waals surface area contributed by atoms with Crippen LogP contribution >= 0.6 is 0 Å². The Labute approximate surface area is 178 Å². The van der Waals surface area contributed by atoms with Gasteiger partial charge in [-0.2, -0.15) is 13.2 Å². The molecule has 2 heterocycles. The fourth-order valence-electron chi connectivity index (χ4n) is 2.71. The van der Waals surface area contributed by atoms with Gasteiger partial charge in [0.2, 0.25) is 0 Å². The minimum atomic E-state index is -4.98. The fourth-order valence-corrected chi connectivity index (χ4v) is 3.68. The summed E-state index contributed by atoms with van der Waals surface area (Å²) in [7, 11) is -3.58. The number of non-ortho nitro benzene ring substituents is 1. The standard InChI is InChI=1S/C17H13F3N4O7S/c18-17(19,20)12-7-11(24(27)28)2-3-13(12)21-15(25)9-31-16(26)10-1-4-14-22-32(29,30)6-5-23(14)8-10/h1-4,7-8H,5-6,9H2,(H,21,25). The number of anilines is 1. The highest BCUT2D eigenvalue weighted by Gasteiger charge is 2.35. The molecule has 1 N–H and O–H groups in total. The van der Waals surface area contributed by atoms with Gasteiger partial charge in [-0.15, -0.1) is 4.40 Å². The van der Waals surface area contributed by atoms with Crippen LogP contribution in [0.2, 0.25) is 0 Å². The zero-order chi connectivity index (χ0) is 23.7. The van der Waals surface area contributed by atoms with Crippen molar-refractivity contribution in [2.75, 3.05) is 24.2 Å². The molecule has 2 aliphatic heterocycles. The number of esters is 1. The number of carbonyl (C=O) groups excluding carboxylic acids is 2. The van der Waals surface area contributed by atoms with Gasteiger partial charge in [-0.1, -0.05) is 0 Å². The maximum absolute atomic E-state index is 13.2. The van der Waals surface area contributed by atoms with Crippen LogP contribution in [0, 0.1) is 10.1 Å². The summed E-state index contributed by atoms with van der Waals surface area (Å²) in [5, 5.41) is 12.6. The van der Waals surface area contributed by atoms with Crippen LogP contribution in [0.15, 0.2) is 46.5 Å². The van der Waals surface area contributed by atoms with E-state index in [1.807, 2.05) is 5.32 Å². The van der Waals surface area contributed by atoms with Crippen molar-refractivity contribution in [3.63, 3.8) is 0 Å². The van der Waals surface area contributed by atoms with Crippen molar-refractivity contribution in [1.82, 2.24) is 4.90 Å². The number of benzene rings is 1. The third kappa shape index (κ3) is 5.29. The van der Waals surface area contributed by atoms with E-state index in [-0.39, 0.29) is 29.8 Å². The zero-order valence-corrected chi connectivity index (χ0v) is 16.6. The summed E-state index contributed by atoms with van der Waals surface area (Å²) in [5.41, 5.74) is -3.03. The Bertz CT molecular complexity index is 1190. The molecular weight excluding hydrogens is 461 g/mol. The first-order valence-corrected chi connectivity index (χ1v) is 10.3. The average molecular weight is 474 g/mol. The maximum atomic E-state index is 13.2. The fraction of sp³-hybridized carbons (Fsp3) is 0.235. The van der Waals surface area contributed by atoms with Crippen molar-refractivity contribution in [2.24, 2.45) is 4.40 Å². The van der Waals surface area contributed by atoms with Gasteiger partial charge in [-0.3, -0.25) is 14.9 Å². The number of nitro groups is 1. The highest BCUT2D eigenvalue weighted by Crippen LogP contribution is 2.37. The Kier molecular flexibility index (Phi) is 6.03. The molecule has 0 radical (unpaired) electrons. The molecular formula is C17H13F3N4O7S. The average Bonchev–Trinajstić information content (AvgIpc) is 2.70. The number of ether oxygens (including phenoxy) is 1. The number of alkyl halides is 3. The van der Waals surface area contributed by atoms with E-state index in [9.17, 15) is 41.3 Å². The Morgan fingerprint density at radius 1 is 1.28 bits per heavy atom. The van der Waals surface area contributed by atoms with Gasteiger partial charge in [0, 0.05) is 24.9 Å². The molecule has 0 aromatic heterocycles. The predicted octanol–water partition coefficient (Wildman–Crippen LogP) is 1.59. The summed E-state index contributed by atoms with van der Waals surface area (Å²) in [4.78, 5) is 35.2. The van der Waals surface area contributed by atoms with Crippen molar-refractivity contribution < 1.29 is 40.8 Å².